The molecule has 3 N–H and O–H groups in total. The van der Waals surface area contributed by atoms with E-state index < -0.39 is 12.1 Å². The number of alkyl carbamates (subject to hydrolysis) is 1. The van der Waals surface area contributed by atoms with Crippen LogP contribution in [0.5, 0.6) is 0 Å². The summed E-state index contributed by atoms with van der Waals surface area (Å²) < 4.78 is 5.49. The molecule has 0 atom stereocenters. The van der Waals surface area contributed by atoms with E-state index in [1.807, 2.05) is 24.3 Å². The minimum atomic E-state index is -1.11. The maximum Gasteiger partial charge on any atom is 0.407 e. The number of anilines is 1. The molecule has 0 spiro atoms. The van der Waals surface area contributed by atoms with Gasteiger partial charge in [0.15, 0.2) is 0 Å². The number of pyridine rings is 1. The third-order valence-electron chi connectivity index (χ3n) is 5.71. The number of carboxylic acid groups (broad SMARTS) is 1. The molecule has 0 saturated heterocycles. The van der Waals surface area contributed by atoms with Crippen LogP contribution in [-0.4, -0.2) is 41.2 Å². The van der Waals surface area contributed by atoms with E-state index >= 15 is 0 Å². The molecule has 1 aliphatic carbocycles. The second-order valence-electron chi connectivity index (χ2n) is 8.03. The minimum absolute atomic E-state index is 0.00472. The highest BCUT2D eigenvalue weighted by molar-refractivity contribution is 5.93. The van der Waals surface area contributed by atoms with Crippen molar-refractivity contribution in [3.8, 4) is 11.1 Å². The first-order valence-corrected chi connectivity index (χ1v) is 11.1. The van der Waals surface area contributed by atoms with E-state index in [4.69, 9.17) is 9.84 Å². The fourth-order valence-corrected chi connectivity index (χ4v) is 4.10. The molecule has 1 heterocycles. The maximum atomic E-state index is 12.2. The molecule has 3 aromatic rings. The quantitative estimate of drug-likeness (QED) is 0.408. The zero-order chi connectivity index (χ0) is 23.9. The van der Waals surface area contributed by atoms with Crippen molar-refractivity contribution in [2.45, 2.75) is 25.2 Å². The van der Waals surface area contributed by atoms with E-state index in [9.17, 15) is 14.4 Å². The van der Waals surface area contributed by atoms with Crippen LogP contribution in [0.3, 0.4) is 0 Å². The average Bonchev–Trinajstić information content (AvgIpc) is 3.16. The highest BCUT2D eigenvalue weighted by Gasteiger charge is 2.28. The summed E-state index contributed by atoms with van der Waals surface area (Å²) in [4.78, 5) is 39.0. The topological polar surface area (TPSA) is 118 Å². The number of nitrogens with zero attached hydrogens (tertiary/aromatic N) is 1. The molecule has 1 aliphatic rings. The Kier molecular flexibility index (Phi) is 7.17. The van der Waals surface area contributed by atoms with Gasteiger partial charge in [0.05, 0.1) is 17.4 Å². The normalized spacial score (nSPS) is 11.9. The van der Waals surface area contributed by atoms with Crippen molar-refractivity contribution in [2.24, 2.45) is 0 Å². The third-order valence-corrected chi connectivity index (χ3v) is 5.71. The summed E-state index contributed by atoms with van der Waals surface area (Å²) in [5.41, 5.74) is 5.01. The van der Waals surface area contributed by atoms with Gasteiger partial charge in [-0.25, -0.2) is 9.59 Å². The van der Waals surface area contributed by atoms with Crippen LogP contribution in [0.4, 0.5) is 10.5 Å². The number of benzene rings is 2. The number of hydrogen-bond donors (Lipinski definition) is 3. The molecule has 0 saturated carbocycles. The van der Waals surface area contributed by atoms with E-state index in [0.29, 0.717) is 25.1 Å². The van der Waals surface area contributed by atoms with Gasteiger partial charge in [0.1, 0.15) is 6.61 Å². The smallest absolute Gasteiger partial charge is 0.407 e. The number of rotatable bonds is 9. The largest absolute Gasteiger partial charge is 0.478 e. The van der Waals surface area contributed by atoms with Crippen molar-refractivity contribution < 1.29 is 24.2 Å². The molecule has 2 amide bonds. The monoisotopic (exact) mass is 459 g/mol. The van der Waals surface area contributed by atoms with Crippen molar-refractivity contribution in [3.63, 3.8) is 0 Å². The second-order valence-corrected chi connectivity index (χ2v) is 8.03. The van der Waals surface area contributed by atoms with Gasteiger partial charge in [-0.2, -0.15) is 0 Å². The number of aromatic nitrogens is 1. The predicted molar refractivity (Wildman–Crippen MR) is 127 cm³/mol. The molecule has 0 bridgehead atoms. The number of carboxylic acids is 1. The lowest BCUT2D eigenvalue weighted by Gasteiger charge is -2.14. The first-order valence-electron chi connectivity index (χ1n) is 11.1. The highest BCUT2D eigenvalue weighted by Crippen LogP contribution is 2.44. The van der Waals surface area contributed by atoms with Gasteiger partial charge in [-0.05, 0) is 41.2 Å². The van der Waals surface area contributed by atoms with Gasteiger partial charge in [0.2, 0.25) is 5.91 Å². The summed E-state index contributed by atoms with van der Waals surface area (Å²) in [6.07, 6.45) is 3.52. The van der Waals surface area contributed by atoms with Gasteiger partial charge in [-0.3, -0.25) is 9.78 Å². The molecular formula is C26H25N3O5. The fraction of sp³-hybridized carbons (Fsp3) is 0.231. The summed E-state index contributed by atoms with van der Waals surface area (Å²) in [7, 11) is 0. The molecule has 0 radical (unpaired) electrons. The molecule has 2 aromatic carbocycles. The first kappa shape index (κ1) is 23.0. The van der Waals surface area contributed by atoms with E-state index in [0.717, 1.165) is 11.1 Å². The number of hydrogen-bond acceptors (Lipinski definition) is 5. The number of aromatic carboxylic acids is 1. The number of ether oxygens (including phenoxy) is 1. The van der Waals surface area contributed by atoms with Crippen LogP contribution in [0.25, 0.3) is 11.1 Å². The Bertz CT molecular complexity index is 1160. The van der Waals surface area contributed by atoms with E-state index in [2.05, 4.69) is 39.9 Å². The van der Waals surface area contributed by atoms with Crippen molar-refractivity contribution in [1.29, 1.82) is 0 Å². The first-order chi connectivity index (χ1) is 16.5. The fourth-order valence-electron chi connectivity index (χ4n) is 4.10. The molecule has 0 unspecified atom stereocenters. The Balaban J connectivity index is 1.17. The van der Waals surface area contributed by atoms with Crippen LogP contribution in [0.2, 0.25) is 0 Å². The standard InChI is InChI=1S/C26H25N3O5/c30-24(29-18-13-17(25(31)32)14-27-15-18)11-5-6-12-28-26(33)34-16-23-21-9-3-1-7-19(21)20-8-2-4-10-22(20)23/h1-4,7-10,13-15,23H,5-6,11-12,16H2,(H,28,33)(H,29,30)(H,31,32). The Hall–Kier alpha value is -4.20. The summed E-state index contributed by atoms with van der Waals surface area (Å²) in [6, 6.07) is 17.7. The van der Waals surface area contributed by atoms with Crippen LogP contribution >= 0.6 is 0 Å². The third kappa shape index (κ3) is 5.40. The predicted octanol–water partition coefficient (Wildman–Crippen LogP) is 4.43. The lowest BCUT2D eigenvalue weighted by atomic mass is 9.98. The molecule has 1 aromatic heterocycles. The molecule has 4 rings (SSSR count). The number of amides is 2. The number of carbonyl (C=O) groups is 3. The van der Waals surface area contributed by atoms with Gasteiger partial charge in [0, 0.05) is 25.1 Å². The van der Waals surface area contributed by atoms with Crippen LogP contribution in [0.1, 0.15) is 46.7 Å². The van der Waals surface area contributed by atoms with Crippen LogP contribution in [-0.2, 0) is 9.53 Å². The van der Waals surface area contributed by atoms with Gasteiger partial charge in [-0.1, -0.05) is 48.5 Å². The van der Waals surface area contributed by atoms with Crippen molar-refractivity contribution in [3.05, 3.63) is 83.7 Å². The zero-order valence-electron chi connectivity index (χ0n) is 18.5. The zero-order valence-corrected chi connectivity index (χ0v) is 18.5. The summed E-state index contributed by atoms with van der Waals surface area (Å²) in [6.45, 7) is 0.645. The molecule has 8 nitrogen and oxygen atoms in total. The lowest BCUT2D eigenvalue weighted by molar-refractivity contribution is -0.116. The van der Waals surface area contributed by atoms with Crippen molar-refractivity contribution in [2.75, 3.05) is 18.5 Å². The van der Waals surface area contributed by atoms with Gasteiger partial charge in [0.25, 0.3) is 0 Å². The minimum Gasteiger partial charge on any atom is -0.478 e. The molecule has 34 heavy (non-hydrogen) atoms. The van der Waals surface area contributed by atoms with E-state index in [1.54, 1.807) is 0 Å². The van der Waals surface area contributed by atoms with Crippen molar-refractivity contribution in [1.82, 2.24) is 10.3 Å². The van der Waals surface area contributed by atoms with Gasteiger partial charge >= 0.3 is 12.1 Å². The number of fused-ring (bicyclic) bond motifs is 3. The van der Waals surface area contributed by atoms with Crippen molar-refractivity contribution >= 4 is 23.7 Å². The number of nitrogens with one attached hydrogen (secondary N) is 2. The Morgan fingerprint density at radius 2 is 1.62 bits per heavy atom. The van der Waals surface area contributed by atoms with Crippen LogP contribution in [0, 0.1) is 0 Å². The van der Waals surface area contributed by atoms with Crippen LogP contribution in [0.15, 0.2) is 67.0 Å². The van der Waals surface area contributed by atoms with Gasteiger partial charge < -0.3 is 20.5 Å². The maximum absolute atomic E-state index is 12.2. The van der Waals surface area contributed by atoms with E-state index in [1.165, 1.54) is 29.6 Å². The van der Waals surface area contributed by atoms with E-state index in [-0.39, 0.29) is 30.4 Å². The lowest BCUT2D eigenvalue weighted by Crippen LogP contribution is -2.27. The SMILES string of the molecule is O=C(CCCCNC(=O)OCC1c2ccccc2-c2ccccc21)Nc1cncc(C(=O)O)c1. The molecular weight excluding hydrogens is 434 g/mol. The number of carbonyl (C=O) groups excluding carboxylic acids is 2. The summed E-state index contributed by atoms with van der Waals surface area (Å²) >= 11 is 0. The molecule has 0 fully saturated rings. The highest BCUT2D eigenvalue weighted by atomic mass is 16.5. The Morgan fingerprint density at radius 1 is 0.941 bits per heavy atom. The summed E-state index contributed by atoms with van der Waals surface area (Å²) in [5, 5.41) is 14.3. The molecule has 8 heteroatoms. The molecule has 174 valence electrons. The molecule has 0 aliphatic heterocycles. The Labute approximate surface area is 197 Å². The summed E-state index contributed by atoms with van der Waals surface area (Å²) in [5.74, 6) is -1.34. The van der Waals surface area contributed by atoms with Gasteiger partial charge in [-0.15, -0.1) is 0 Å². The van der Waals surface area contributed by atoms with Crippen LogP contribution < -0.4 is 10.6 Å². The Morgan fingerprint density at radius 3 is 2.29 bits per heavy atom. The second kappa shape index (κ2) is 10.6. The number of unbranched alkanes of at least 4 members (excludes halogenated alkanes) is 1. The average molecular weight is 460 g/mol.